The lowest BCUT2D eigenvalue weighted by atomic mass is 10.00. The molecule has 0 bridgehead atoms. The van der Waals surface area contributed by atoms with Crippen LogP contribution in [-0.4, -0.2) is 29.1 Å². The first kappa shape index (κ1) is 28.1. The summed E-state index contributed by atoms with van der Waals surface area (Å²) in [6, 6.07) is 52.8. The maximum Gasteiger partial charge on any atom is 0.145 e. The highest BCUT2D eigenvalue weighted by molar-refractivity contribution is 6.15. The average molecular weight is 641 g/mol. The van der Waals surface area contributed by atoms with Gasteiger partial charge in [-0.25, -0.2) is 9.97 Å². The summed E-state index contributed by atoms with van der Waals surface area (Å²) in [5.74, 6) is 0. The predicted octanol–water partition coefficient (Wildman–Crippen LogP) is 10.5. The topological polar surface area (TPSA) is 61.4 Å². The minimum absolute atomic E-state index is 0.770. The molecule has 0 radical (unpaired) electrons. The lowest BCUT2D eigenvalue weighted by Gasteiger charge is -2.13. The number of pyridine rings is 4. The van der Waals surface area contributed by atoms with Gasteiger partial charge in [0.1, 0.15) is 5.65 Å². The number of hydrogen-bond acceptors (Lipinski definition) is 4. The van der Waals surface area contributed by atoms with E-state index in [4.69, 9.17) is 9.97 Å². The fourth-order valence-electron chi connectivity index (χ4n) is 7.31. The van der Waals surface area contributed by atoms with Crippen LogP contribution in [-0.2, 0) is 0 Å². The molecule has 0 fully saturated rings. The highest BCUT2D eigenvalue weighted by Gasteiger charge is 2.20. The Labute approximate surface area is 287 Å². The van der Waals surface area contributed by atoms with E-state index < -0.39 is 0 Å². The quantitative estimate of drug-likeness (QED) is 0.188. The Morgan fingerprint density at radius 1 is 0.380 bits per heavy atom. The smallest absolute Gasteiger partial charge is 0.145 e. The highest BCUT2D eigenvalue weighted by Crippen LogP contribution is 2.40. The second-order valence-electron chi connectivity index (χ2n) is 12.4. The number of nitrogens with zero attached hydrogens (tertiary/aromatic N) is 6. The van der Waals surface area contributed by atoms with Crippen LogP contribution in [0.1, 0.15) is 0 Å². The first-order chi connectivity index (χ1) is 24.8. The van der Waals surface area contributed by atoms with E-state index >= 15 is 0 Å². The number of para-hydroxylation sites is 3. The third-order valence-corrected chi connectivity index (χ3v) is 9.47. The summed E-state index contributed by atoms with van der Waals surface area (Å²) in [4.78, 5) is 19.2. The van der Waals surface area contributed by atoms with Gasteiger partial charge in [0.05, 0.1) is 45.0 Å². The molecular formula is C44H28N6. The molecule has 6 heterocycles. The van der Waals surface area contributed by atoms with Crippen molar-refractivity contribution < 1.29 is 0 Å². The molecule has 234 valence electrons. The van der Waals surface area contributed by atoms with Crippen LogP contribution in [0.15, 0.2) is 170 Å². The van der Waals surface area contributed by atoms with E-state index in [1.165, 1.54) is 27.4 Å². The second-order valence-corrected chi connectivity index (χ2v) is 12.4. The highest BCUT2D eigenvalue weighted by atomic mass is 15.1. The molecule has 0 aliphatic heterocycles. The van der Waals surface area contributed by atoms with Crippen LogP contribution < -0.4 is 0 Å². The van der Waals surface area contributed by atoms with Gasteiger partial charge in [-0.1, -0.05) is 72.8 Å². The molecule has 6 nitrogen and oxygen atoms in total. The van der Waals surface area contributed by atoms with Crippen LogP contribution in [0.5, 0.6) is 0 Å². The van der Waals surface area contributed by atoms with Crippen LogP contribution >= 0.6 is 0 Å². The Morgan fingerprint density at radius 3 is 1.80 bits per heavy atom. The third kappa shape index (κ3) is 4.43. The van der Waals surface area contributed by atoms with Gasteiger partial charge in [0.15, 0.2) is 0 Å². The minimum atomic E-state index is 0.770. The largest absolute Gasteiger partial charge is 0.309 e. The lowest BCUT2D eigenvalue weighted by Crippen LogP contribution is -2.00. The zero-order chi connectivity index (χ0) is 33.0. The summed E-state index contributed by atoms with van der Waals surface area (Å²) in [6.07, 6.45) is 5.45. The zero-order valence-corrected chi connectivity index (χ0v) is 26.8. The summed E-state index contributed by atoms with van der Waals surface area (Å²) >= 11 is 0. The van der Waals surface area contributed by atoms with Crippen molar-refractivity contribution in [2.75, 3.05) is 0 Å². The standard InChI is InChI=1S/C44H28N6/c1-2-12-30(13-3-1)49-41-20-5-4-14-33(41)34-16-10-15-32(43(34)49)29-21-22-42-36(26-29)35-17-11-25-47-44(35)50(42)31-27-39(37-18-6-8-23-45-37)48-40(28-31)38-19-7-9-24-46-38/h1-28H. The first-order valence-corrected chi connectivity index (χ1v) is 16.6. The SMILES string of the molecule is c1ccc(-n2c3ccccc3c3cccc(-c4ccc5c(c4)c4cccnc4n5-c4cc(-c5ccccn5)nc(-c5ccccn5)c4)c32)cc1. The summed E-state index contributed by atoms with van der Waals surface area (Å²) in [5, 5.41) is 4.67. The van der Waals surface area contributed by atoms with Crippen molar-refractivity contribution in [2.45, 2.75) is 0 Å². The van der Waals surface area contributed by atoms with Crippen molar-refractivity contribution in [1.82, 2.24) is 29.1 Å². The molecule has 0 aliphatic rings. The fourth-order valence-corrected chi connectivity index (χ4v) is 7.31. The molecule has 0 amide bonds. The summed E-state index contributed by atoms with van der Waals surface area (Å²) in [5.41, 5.74) is 11.8. The molecule has 10 aromatic rings. The monoisotopic (exact) mass is 640 g/mol. The average Bonchev–Trinajstić information content (AvgIpc) is 3.71. The number of benzene rings is 4. The predicted molar refractivity (Wildman–Crippen MR) is 203 cm³/mol. The van der Waals surface area contributed by atoms with Gasteiger partial charge in [0.2, 0.25) is 0 Å². The van der Waals surface area contributed by atoms with Crippen molar-refractivity contribution in [3.05, 3.63) is 170 Å². The van der Waals surface area contributed by atoms with E-state index in [9.17, 15) is 0 Å². The Balaban J connectivity index is 1.23. The van der Waals surface area contributed by atoms with Crippen molar-refractivity contribution >= 4 is 43.7 Å². The van der Waals surface area contributed by atoms with Gasteiger partial charge in [-0.2, -0.15) is 0 Å². The Bertz CT molecular complexity index is 2800. The molecule has 4 aromatic carbocycles. The van der Waals surface area contributed by atoms with Crippen molar-refractivity contribution in [3.63, 3.8) is 0 Å². The van der Waals surface area contributed by atoms with E-state index in [0.29, 0.717) is 0 Å². The zero-order valence-electron chi connectivity index (χ0n) is 26.8. The van der Waals surface area contributed by atoms with Crippen LogP contribution in [0, 0.1) is 0 Å². The minimum Gasteiger partial charge on any atom is -0.309 e. The van der Waals surface area contributed by atoms with Crippen LogP contribution in [0.2, 0.25) is 0 Å². The molecule has 0 saturated heterocycles. The second kappa shape index (κ2) is 11.4. The third-order valence-electron chi connectivity index (χ3n) is 9.47. The van der Waals surface area contributed by atoms with Crippen molar-refractivity contribution in [3.8, 4) is 45.3 Å². The number of aromatic nitrogens is 6. The normalized spacial score (nSPS) is 11.6. The van der Waals surface area contributed by atoms with Crippen LogP contribution in [0.3, 0.4) is 0 Å². The molecular weight excluding hydrogens is 613 g/mol. The van der Waals surface area contributed by atoms with Gasteiger partial charge in [-0.3, -0.25) is 14.5 Å². The van der Waals surface area contributed by atoms with Crippen LogP contribution in [0.4, 0.5) is 0 Å². The fraction of sp³-hybridized carbons (Fsp3) is 0. The molecule has 6 heteroatoms. The van der Waals surface area contributed by atoms with Gasteiger partial charge in [-0.05, 0) is 84.4 Å². The molecule has 6 aromatic heterocycles. The molecule has 0 unspecified atom stereocenters. The van der Waals surface area contributed by atoms with Crippen molar-refractivity contribution in [2.24, 2.45) is 0 Å². The molecule has 0 N–H and O–H groups in total. The Kier molecular flexibility index (Phi) is 6.39. The number of rotatable bonds is 5. The maximum atomic E-state index is 5.02. The van der Waals surface area contributed by atoms with Crippen LogP contribution in [0.25, 0.3) is 89.0 Å². The molecule has 0 saturated carbocycles. The maximum absolute atomic E-state index is 5.02. The van der Waals surface area contributed by atoms with Gasteiger partial charge < -0.3 is 4.57 Å². The lowest BCUT2D eigenvalue weighted by molar-refractivity contribution is 1.11. The number of hydrogen-bond donors (Lipinski definition) is 0. The molecule has 0 aliphatic carbocycles. The number of fused-ring (bicyclic) bond motifs is 6. The molecule has 0 spiro atoms. The Hall–Kier alpha value is -6.92. The van der Waals surface area contributed by atoms with E-state index in [1.807, 2.05) is 48.7 Å². The summed E-state index contributed by atoms with van der Waals surface area (Å²) < 4.78 is 4.63. The summed E-state index contributed by atoms with van der Waals surface area (Å²) in [6.45, 7) is 0. The molecule has 50 heavy (non-hydrogen) atoms. The van der Waals surface area contributed by atoms with E-state index in [1.54, 1.807) is 12.4 Å². The van der Waals surface area contributed by atoms with E-state index in [2.05, 4.69) is 128 Å². The van der Waals surface area contributed by atoms with Gasteiger partial charge >= 0.3 is 0 Å². The molecule has 10 rings (SSSR count). The van der Waals surface area contributed by atoms with E-state index in [-0.39, 0.29) is 0 Å². The summed E-state index contributed by atoms with van der Waals surface area (Å²) in [7, 11) is 0. The van der Waals surface area contributed by atoms with Crippen molar-refractivity contribution in [1.29, 1.82) is 0 Å². The van der Waals surface area contributed by atoms with E-state index in [0.717, 1.165) is 61.7 Å². The first-order valence-electron chi connectivity index (χ1n) is 16.6. The van der Waals surface area contributed by atoms with Gasteiger partial charge in [0, 0.05) is 51.4 Å². The molecule has 0 atom stereocenters. The van der Waals surface area contributed by atoms with Gasteiger partial charge in [-0.15, -0.1) is 0 Å². The van der Waals surface area contributed by atoms with Gasteiger partial charge in [0.25, 0.3) is 0 Å². The Morgan fingerprint density at radius 2 is 1.04 bits per heavy atom.